The minimum absolute atomic E-state index is 0.279. The summed E-state index contributed by atoms with van der Waals surface area (Å²) >= 11 is 0. The SMILES string of the molecule is COC1=C[C@H]2C3=CC(C(=O)C(C)(C)C)n4c(=O)n(-c5ccccc5)c(=O)n4C3[C@@H]1n1c(=O)n(-c3ccccc3)c(=O)n12. The average molecular weight is 569 g/mol. The van der Waals surface area contributed by atoms with Gasteiger partial charge in [0, 0.05) is 5.41 Å². The van der Waals surface area contributed by atoms with Gasteiger partial charge in [0.25, 0.3) is 0 Å². The Morgan fingerprint density at radius 3 is 1.64 bits per heavy atom. The topological polar surface area (TPSA) is 124 Å². The number of methoxy groups -OCH3 is 1. The largest absolute Gasteiger partial charge is 0.499 e. The Kier molecular flexibility index (Phi) is 5.34. The van der Waals surface area contributed by atoms with Crippen molar-refractivity contribution in [3.05, 3.63) is 126 Å². The molecule has 4 aromatic rings. The van der Waals surface area contributed by atoms with Crippen LogP contribution in [0.1, 0.15) is 44.9 Å². The lowest BCUT2D eigenvalue weighted by atomic mass is 9.79. The zero-order valence-corrected chi connectivity index (χ0v) is 23.4. The van der Waals surface area contributed by atoms with E-state index >= 15 is 0 Å². The molecule has 12 heteroatoms. The van der Waals surface area contributed by atoms with Crippen molar-refractivity contribution < 1.29 is 9.53 Å². The van der Waals surface area contributed by atoms with Crippen LogP contribution in [-0.2, 0) is 9.53 Å². The van der Waals surface area contributed by atoms with Crippen LogP contribution in [0.25, 0.3) is 11.4 Å². The van der Waals surface area contributed by atoms with Crippen LogP contribution < -0.4 is 22.8 Å². The minimum Gasteiger partial charge on any atom is -0.499 e. The number of para-hydroxylation sites is 2. The van der Waals surface area contributed by atoms with Crippen LogP contribution in [0.15, 0.2) is 103 Å². The molecule has 0 amide bonds. The second-order valence-corrected chi connectivity index (χ2v) is 11.7. The Morgan fingerprint density at radius 2 is 1.14 bits per heavy atom. The molecule has 5 heterocycles. The highest BCUT2D eigenvalue weighted by Crippen LogP contribution is 2.51. The first-order chi connectivity index (χ1) is 20.1. The molecule has 3 aliphatic heterocycles. The summed E-state index contributed by atoms with van der Waals surface area (Å²) in [6.07, 6.45) is 3.41. The number of carbonyl (C=O) groups excluding carboxylic acids is 1. The Labute approximate surface area is 238 Å². The number of carbonyl (C=O) groups is 1. The number of ether oxygens (including phenoxy) is 1. The van der Waals surface area contributed by atoms with Crippen molar-refractivity contribution in [2.45, 2.75) is 44.9 Å². The lowest BCUT2D eigenvalue weighted by Crippen LogP contribution is -2.53. The second kappa shape index (κ2) is 8.68. The molecule has 0 saturated heterocycles. The number of ketones is 1. The van der Waals surface area contributed by atoms with Crippen molar-refractivity contribution in [2.24, 2.45) is 5.41 Å². The maximum absolute atomic E-state index is 14.2. The van der Waals surface area contributed by atoms with Crippen molar-refractivity contribution in [2.75, 3.05) is 7.11 Å². The summed E-state index contributed by atoms with van der Waals surface area (Å²) in [7, 11) is 1.46. The predicted octanol–water partition coefficient (Wildman–Crippen LogP) is 1.89. The normalized spacial score (nSPS) is 22.1. The van der Waals surface area contributed by atoms with Crippen LogP contribution in [0.2, 0.25) is 0 Å². The van der Waals surface area contributed by atoms with E-state index in [4.69, 9.17) is 4.74 Å². The van der Waals surface area contributed by atoms with Crippen molar-refractivity contribution in [3.63, 3.8) is 0 Å². The minimum atomic E-state index is -1.12. The Bertz CT molecular complexity index is 2080. The number of fused-ring (bicyclic) bond motifs is 1. The number of nitrogens with zero attached hydrogens (tertiary/aromatic N) is 6. The standard InChI is InChI=1S/C30H28N6O6/c1-30(2,3)25(37)21-15-19-20-16-22(42-4)24(36-29(41)31(26(38)33(20)36)17-11-7-5-8-12-17)23(19)35-28(40)32(27(39)34(21)35)18-13-9-6-10-14-18/h5-16,20-21,23-24H,1-4H3/t20-,21?,23?,24+/m0/s1. The van der Waals surface area contributed by atoms with Gasteiger partial charge in [0.1, 0.15) is 29.9 Å². The fourth-order valence-corrected chi connectivity index (χ4v) is 6.42. The molecule has 2 bridgehead atoms. The Balaban J connectivity index is 1.57. The molecule has 0 spiro atoms. The molecule has 42 heavy (non-hydrogen) atoms. The highest BCUT2D eigenvalue weighted by Gasteiger charge is 2.53. The summed E-state index contributed by atoms with van der Waals surface area (Å²) < 4.78 is 12.9. The van der Waals surface area contributed by atoms with Crippen LogP contribution >= 0.6 is 0 Å². The van der Waals surface area contributed by atoms with Crippen molar-refractivity contribution in [1.82, 2.24) is 27.9 Å². The van der Waals surface area contributed by atoms with E-state index in [2.05, 4.69) is 0 Å². The number of allylic oxidation sites excluding steroid dienone is 4. The van der Waals surface area contributed by atoms with Gasteiger partial charge in [0.05, 0.1) is 18.5 Å². The van der Waals surface area contributed by atoms with Crippen LogP contribution in [-0.4, -0.2) is 40.8 Å². The lowest BCUT2D eigenvalue weighted by molar-refractivity contribution is -0.129. The third kappa shape index (κ3) is 3.25. The van der Waals surface area contributed by atoms with Crippen LogP contribution in [0.5, 0.6) is 0 Å². The molecule has 2 aromatic heterocycles. The van der Waals surface area contributed by atoms with Gasteiger partial charge in [0.2, 0.25) is 0 Å². The van der Waals surface area contributed by atoms with Gasteiger partial charge in [0.15, 0.2) is 5.78 Å². The van der Waals surface area contributed by atoms with Gasteiger partial charge >= 0.3 is 22.8 Å². The average Bonchev–Trinajstić information content (AvgIpc) is 3.41. The molecule has 4 atom stereocenters. The number of rotatable bonds is 4. The molecule has 214 valence electrons. The molecule has 1 aliphatic carbocycles. The molecule has 0 N–H and O–H groups in total. The van der Waals surface area contributed by atoms with E-state index in [1.807, 2.05) is 0 Å². The smallest absolute Gasteiger partial charge is 0.352 e. The van der Waals surface area contributed by atoms with Gasteiger partial charge in [-0.15, -0.1) is 0 Å². The van der Waals surface area contributed by atoms with Crippen molar-refractivity contribution in [1.29, 1.82) is 0 Å². The van der Waals surface area contributed by atoms with Crippen molar-refractivity contribution >= 4 is 5.78 Å². The highest BCUT2D eigenvalue weighted by molar-refractivity contribution is 5.89. The zero-order chi connectivity index (χ0) is 29.7. The van der Waals surface area contributed by atoms with Crippen LogP contribution in [0.3, 0.4) is 0 Å². The maximum atomic E-state index is 14.2. The van der Waals surface area contributed by atoms with Gasteiger partial charge in [-0.05, 0) is 42.0 Å². The molecular weight excluding hydrogens is 540 g/mol. The van der Waals surface area contributed by atoms with Crippen molar-refractivity contribution in [3.8, 4) is 11.4 Å². The second-order valence-electron chi connectivity index (χ2n) is 11.7. The summed E-state index contributed by atoms with van der Waals surface area (Å²) in [6, 6.07) is 13.2. The Hall–Kier alpha value is -5.13. The summed E-state index contributed by atoms with van der Waals surface area (Å²) in [5.74, 6) is 0.0897. The molecule has 2 unspecified atom stereocenters. The monoisotopic (exact) mass is 568 g/mol. The number of hydrogen-bond acceptors (Lipinski definition) is 6. The quantitative estimate of drug-likeness (QED) is 0.347. The van der Waals surface area contributed by atoms with E-state index in [1.54, 1.807) is 93.6 Å². The molecule has 4 aliphatic rings. The van der Waals surface area contributed by atoms with Gasteiger partial charge in [-0.3, -0.25) is 4.79 Å². The molecule has 2 aromatic carbocycles. The zero-order valence-electron chi connectivity index (χ0n) is 23.4. The number of hydrogen-bond donors (Lipinski definition) is 0. The summed E-state index contributed by atoms with van der Waals surface area (Å²) in [5, 5.41) is 0. The molecule has 0 saturated carbocycles. The van der Waals surface area contributed by atoms with Gasteiger partial charge in [-0.25, -0.2) is 47.0 Å². The fraction of sp³-hybridized carbons (Fsp3) is 0.300. The highest BCUT2D eigenvalue weighted by atomic mass is 16.5. The first kappa shape index (κ1) is 25.8. The van der Waals surface area contributed by atoms with Gasteiger partial charge in [-0.2, -0.15) is 0 Å². The summed E-state index contributed by atoms with van der Waals surface area (Å²) in [5.41, 5.74) is -2.09. The van der Waals surface area contributed by atoms with Gasteiger partial charge < -0.3 is 4.74 Å². The van der Waals surface area contributed by atoms with E-state index in [9.17, 15) is 24.0 Å². The van der Waals surface area contributed by atoms with E-state index < -0.39 is 52.3 Å². The van der Waals surface area contributed by atoms with Crippen LogP contribution in [0, 0.1) is 5.41 Å². The predicted molar refractivity (Wildman–Crippen MR) is 152 cm³/mol. The number of Topliss-reactive ketones (excluding diaryl/α,β-unsaturated/α-hetero) is 1. The van der Waals surface area contributed by atoms with E-state index in [0.29, 0.717) is 22.7 Å². The molecule has 8 rings (SSSR count). The maximum Gasteiger partial charge on any atom is 0.352 e. The van der Waals surface area contributed by atoms with Gasteiger partial charge in [-0.1, -0.05) is 57.2 Å². The Morgan fingerprint density at radius 1 is 0.667 bits per heavy atom. The molecule has 12 nitrogen and oxygen atoms in total. The van der Waals surface area contributed by atoms with E-state index in [1.165, 1.54) is 25.8 Å². The third-order valence-electron chi connectivity index (χ3n) is 8.29. The summed E-state index contributed by atoms with van der Waals surface area (Å²) in [6.45, 7) is 5.25. The number of aromatic nitrogens is 6. The molecule has 0 fully saturated rings. The van der Waals surface area contributed by atoms with E-state index in [-0.39, 0.29) is 5.78 Å². The van der Waals surface area contributed by atoms with Crippen LogP contribution in [0.4, 0.5) is 0 Å². The first-order valence-corrected chi connectivity index (χ1v) is 13.6. The summed E-state index contributed by atoms with van der Waals surface area (Å²) in [4.78, 5) is 69.9. The molecular formula is C30H28N6O6. The number of benzene rings is 2. The lowest BCUT2D eigenvalue weighted by Gasteiger charge is -2.47. The fourth-order valence-electron chi connectivity index (χ4n) is 6.42. The van der Waals surface area contributed by atoms with E-state index in [0.717, 1.165) is 9.13 Å². The molecule has 0 radical (unpaired) electrons. The third-order valence-corrected chi connectivity index (χ3v) is 8.29. The first-order valence-electron chi connectivity index (χ1n) is 13.6.